The Morgan fingerprint density at radius 3 is 2.16 bits per heavy atom. The van der Waals surface area contributed by atoms with Gasteiger partial charge in [-0.2, -0.15) is 11.8 Å². The van der Waals surface area contributed by atoms with Crippen molar-refractivity contribution in [2.24, 2.45) is 23.2 Å². The Morgan fingerprint density at radius 2 is 1.53 bits per heavy atom. The second-order valence-corrected chi connectivity index (χ2v) is 14.1. The van der Waals surface area contributed by atoms with Crippen LogP contribution in [-0.2, 0) is 4.79 Å². The molecule has 1 aliphatic heterocycles. The fraction of sp³-hybridized carbons (Fsp3) is 0.724. The van der Waals surface area contributed by atoms with Gasteiger partial charge in [-0.1, -0.05) is 0 Å². The van der Waals surface area contributed by atoms with E-state index in [1.165, 1.54) is 29.9 Å². The lowest BCUT2D eigenvalue weighted by Gasteiger charge is -2.56. The van der Waals surface area contributed by atoms with Gasteiger partial charge in [0.15, 0.2) is 0 Å². The summed E-state index contributed by atoms with van der Waals surface area (Å²) in [6, 6.07) is 1.03. The van der Waals surface area contributed by atoms with Gasteiger partial charge in [-0.25, -0.2) is 14.2 Å². The number of carbonyl (C=O) groups excluding carboxylic acids is 1. The number of carbonyl (C=O) groups is 1. The number of rotatable bonds is 4. The summed E-state index contributed by atoms with van der Waals surface area (Å²) in [7, 11) is 0. The number of hydrogen-bond donors (Lipinski definition) is 1. The lowest BCUT2D eigenvalue weighted by Crippen LogP contribution is -2.55. The average molecular weight is 541 g/mol. The molecule has 0 spiro atoms. The summed E-state index contributed by atoms with van der Waals surface area (Å²) in [6.07, 6.45) is 12.6. The van der Waals surface area contributed by atoms with E-state index in [2.05, 4.69) is 10.3 Å². The van der Waals surface area contributed by atoms with Crippen LogP contribution in [0.25, 0.3) is 11.0 Å². The number of nitrogens with one attached hydrogen (secondary N) is 1. The largest absolute Gasteiger partial charge is 0.353 e. The molecule has 38 heavy (non-hydrogen) atoms. The van der Waals surface area contributed by atoms with E-state index in [0.717, 1.165) is 80.4 Å². The molecular formula is C29H37FN4O3S. The van der Waals surface area contributed by atoms with Gasteiger partial charge in [-0.15, -0.1) is 0 Å². The van der Waals surface area contributed by atoms with Gasteiger partial charge in [-0.05, 0) is 112 Å². The van der Waals surface area contributed by atoms with Crippen molar-refractivity contribution < 1.29 is 9.18 Å². The molecule has 1 saturated heterocycles. The predicted octanol–water partition coefficient (Wildman–Crippen LogP) is 4.58. The highest BCUT2D eigenvalue weighted by atomic mass is 32.2. The zero-order valence-corrected chi connectivity index (χ0v) is 22.7. The maximum atomic E-state index is 14.2. The van der Waals surface area contributed by atoms with E-state index in [1.54, 1.807) is 4.57 Å². The summed E-state index contributed by atoms with van der Waals surface area (Å²) in [6.45, 7) is 0. The Morgan fingerprint density at radius 1 is 0.921 bits per heavy atom. The smallest absolute Gasteiger partial charge is 0.333 e. The van der Waals surface area contributed by atoms with Crippen LogP contribution >= 0.6 is 11.8 Å². The topological polar surface area (TPSA) is 86.0 Å². The lowest BCUT2D eigenvalue weighted by molar-refractivity contribution is -0.147. The number of pyridine rings is 1. The highest BCUT2D eigenvalue weighted by Gasteiger charge is 2.54. The van der Waals surface area contributed by atoms with Crippen molar-refractivity contribution >= 4 is 28.7 Å². The number of hydrogen-bond acceptors (Lipinski definition) is 5. The minimum atomic E-state index is -0.568. The number of halogens is 1. The third-order valence-electron chi connectivity index (χ3n) is 10.4. The zero-order chi connectivity index (χ0) is 26.0. The first-order valence-corrected chi connectivity index (χ1v) is 15.8. The van der Waals surface area contributed by atoms with Gasteiger partial charge in [-0.3, -0.25) is 18.7 Å². The summed E-state index contributed by atoms with van der Waals surface area (Å²) >= 11 is 1.87. The molecule has 204 valence electrons. The van der Waals surface area contributed by atoms with Crippen LogP contribution < -0.4 is 16.6 Å². The highest BCUT2D eigenvalue weighted by Crippen LogP contribution is 2.60. The molecule has 1 N–H and O–H groups in total. The molecule has 6 aliphatic rings. The Balaban J connectivity index is 1.12. The van der Waals surface area contributed by atoms with Crippen molar-refractivity contribution in [1.29, 1.82) is 0 Å². The molecule has 8 rings (SSSR count). The molecule has 4 bridgehead atoms. The van der Waals surface area contributed by atoms with Crippen LogP contribution in [0.1, 0.15) is 89.1 Å². The Bertz CT molecular complexity index is 1340. The quantitative estimate of drug-likeness (QED) is 0.614. The molecule has 0 unspecified atom stereocenters. The molecule has 5 saturated carbocycles. The van der Waals surface area contributed by atoms with Crippen molar-refractivity contribution in [3.05, 3.63) is 38.9 Å². The van der Waals surface area contributed by atoms with Crippen LogP contribution in [0.3, 0.4) is 0 Å². The van der Waals surface area contributed by atoms with Crippen molar-refractivity contribution in [3.8, 4) is 0 Å². The number of thioether (sulfide) groups is 1. The van der Waals surface area contributed by atoms with Gasteiger partial charge >= 0.3 is 5.69 Å². The summed E-state index contributed by atoms with van der Waals surface area (Å²) in [5, 5.41) is 3.59. The summed E-state index contributed by atoms with van der Waals surface area (Å²) in [5.41, 5.74) is -0.630. The molecular weight excluding hydrogens is 503 g/mol. The maximum Gasteiger partial charge on any atom is 0.333 e. The summed E-state index contributed by atoms with van der Waals surface area (Å²) < 4.78 is 17.2. The van der Waals surface area contributed by atoms with Crippen LogP contribution in [-0.4, -0.2) is 37.6 Å². The second kappa shape index (κ2) is 9.49. The molecule has 0 radical (unpaired) electrons. The van der Waals surface area contributed by atoms with Gasteiger partial charge in [0.1, 0.15) is 11.5 Å². The van der Waals surface area contributed by atoms with Crippen LogP contribution in [0, 0.1) is 29.0 Å². The van der Waals surface area contributed by atoms with E-state index in [1.807, 2.05) is 11.8 Å². The van der Waals surface area contributed by atoms with E-state index < -0.39 is 11.4 Å². The number of fused-ring (bicyclic) bond motifs is 1. The van der Waals surface area contributed by atoms with Crippen molar-refractivity contribution in [2.75, 3.05) is 11.5 Å². The van der Waals surface area contributed by atoms with E-state index in [0.29, 0.717) is 18.5 Å². The summed E-state index contributed by atoms with van der Waals surface area (Å²) in [5.74, 6) is 3.77. The first-order chi connectivity index (χ1) is 18.4. The molecule has 1 amide bonds. The Hall–Kier alpha value is -2.16. The van der Waals surface area contributed by atoms with Gasteiger partial charge in [0.25, 0.3) is 5.56 Å². The minimum Gasteiger partial charge on any atom is -0.353 e. The second-order valence-electron chi connectivity index (χ2n) is 12.9. The Kier molecular flexibility index (Phi) is 6.21. The fourth-order valence-corrected chi connectivity index (χ4v) is 10.1. The molecule has 2 aromatic rings. The van der Waals surface area contributed by atoms with Crippen LogP contribution in [0.2, 0.25) is 0 Å². The van der Waals surface area contributed by atoms with E-state index in [4.69, 9.17) is 0 Å². The predicted molar refractivity (Wildman–Crippen MR) is 146 cm³/mol. The normalized spacial score (nSPS) is 35.0. The van der Waals surface area contributed by atoms with E-state index in [9.17, 15) is 18.8 Å². The molecule has 7 nitrogen and oxygen atoms in total. The molecule has 5 aliphatic carbocycles. The highest BCUT2D eigenvalue weighted by molar-refractivity contribution is 7.99. The van der Waals surface area contributed by atoms with Crippen LogP contribution in [0.4, 0.5) is 4.39 Å². The molecule has 0 aromatic carbocycles. The maximum absolute atomic E-state index is 14.2. The molecule has 0 atom stereocenters. The molecule has 3 heterocycles. The lowest BCUT2D eigenvalue weighted by atomic mass is 9.49. The SMILES string of the molecule is O=C(N[C@H]1CC[C@@H](n2c(=O)c3cc(F)cnc3n(C3CCSCC3)c2=O)CC1)C12CC3CC(CC(C3)C1)C2. The molecule has 2 aromatic heterocycles. The molecule has 9 heteroatoms. The van der Waals surface area contributed by atoms with Crippen molar-refractivity contribution in [2.45, 2.75) is 95.2 Å². The molecule has 6 fully saturated rings. The number of amides is 1. The van der Waals surface area contributed by atoms with Gasteiger partial charge in [0.05, 0.1) is 11.6 Å². The first-order valence-electron chi connectivity index (χ1n) is 14.6. The summed E-state index contributed by atoms with van der Waals surface area (Å²) in [4.78, 5) is 45.1. The number of aromatic nitrogens is 3. The third-order valence-corrected chi connectivity index (χ3v) is 11.4. The van der Waals surface area contributed by atoms with Crippen molar-refractivity contribution in [3.63, 3.8) is 0 Å². The Labute approximate surface area is 226 Å². The zero-order valence-electron chi connectivity index (χ0n) is 21.9. The van der Waals surface area contributed by atoms with Gasteiger partial charge in [0, 0.05) is 23.5 Å². The van der Waals surface area contributed by atoms with Crippen LogP contribution in [0.5, 0.6) is 0 Å². The van der Waals surface area contributed by atoms with Crippen molar-refractivity contribution in [1.82, 2.24) is 19.4 Å². The monoisotopic (exact) mass is 540 g/mol. The van der Waals surface area contributed by atoms with E-state index >= 15 is 0 Å². The van der Waals surface area contributed by atoms with Gasteiger partial charge in [0.2, 0.25) is 5.91 Å². The van der Waals surface area contributed by atoms with Gasteiger partial charge < -0.3 is 5.32 Å². The van der Waals surface area contributed by atoms with E-state index in [-0.39, 0.29) is 40.5 Å². The average Bonchev–Trinajstić information content (AvgIpc) is 2.90. The fourth-order valence-electron chi connectivity index (χ4n) is 9.00. The first kappa shape index (κ1) is 24.9. The number of nitrogens with zero attached hydrogens (tertiary/aromatic N) is 3. The standard InChI is InChI=1S/C29H37FN4O3S/c30-20-12-24-25(31-16-20)33(23-5-7-38-8-6-23)28(37)34(26(24)35)22-3-1-21(2-4-22)32-27(36)29-13-17-9-18(14-29)11-19(10-17)15-29/h12,16-19,21-23H,1-11,13-15H2,(H,32,36)/t17?,18?,19?,21-,22+,29?. The minimum absolute atomic E-state index is 0.0352. The van der Waals surface area contributed by atoms with Crippen LogP contribution in [0.15, 0.2) is 21.9 Å². The third kappa shape index (κ3) is 4.14.